The maximum absolute atomic E-state index is 11.8. The first kappa shape index (κ1) is 55.8. The zero-order valence-corrected chi connectivity index (χ0v) is 52.2. The molecule has 0 atom stereocenters. The minimum atomic E-state index is -3.32. The summed E-state index contributed by atoms with van der Waals surface area (Å²) in [6.45, 7) is 49.6. The van der Waals surface area contributed by atoms with Crippen molar-refractivity contribution in [3.63, 3.8) is 0 Å². The number of rotatable bonds is 29. The van der Waals surface area contributed by atoms with Gasteiger partial charge in [-0.1, -0.05) is 0 Å². The molecule has 0 amide bonds. The third-order valence-electron chi connectivity index (χ3n) is 7.56. The van der Waals surface area contributed by atoms with E-state index in [1.165, 1.54) is 6.92 Å². The van der Waals surface area contributed by atoms with E-state index in [1.807, 2.05) is 0 Å². The van der Waals surface area contributed by atoms with Crippen molar-refractivity contribution in [2.75, 3.05) is 6.61 Å². The predicted molar refractivity (Wildman–Crippen MR) is 261 cm³/mol. The molecule has 0 spiro atoms. The van der Waals surface area contributed by atoms with Crippen LogP contribution in [0.4, 0.5) is 0 Å². The molecule has 0 aromatic heterocycles. The molecule has 0 aliphatic carbocycles. The van der Waals surface area contributed by atoms with Crippen molar-refractivity contribution in [1.29, 1.82) is 0 Å². The molecular weight excluding hydrogens is 881 g/mol. The van der Waals surface area contributed by atoms with Gasteiger partial charge in [-0.25, -0.2) is 0 Å². The fourth-order valence-electron chi connectivity index (χ4n) is 5.96. The van der Waals surface area contributed by atoms with E-state index < -0.39 is 104 Å². The first-order valence-electron chi connectivity index (χ1n) is 20.4. The van der Waals surface area contributed by atoms with E-state index in [-0.39, 0.29) is 5.97 Å². The lowest BCUT2D eigenvalue weighted by molar-refractivity contribution is -0.141. The second-order valence-corrected chi connectivity index (χ2v) is 68.0. The highest BCUT2D eigenvalue weighted by atomic mass is 28.5. The number of hydrogen-bond donors (Lipinski definition) is 0. The quantitative estimate of drug-likeness (QED) is 0.0410. The summed E-state index contributed by atoms with van der Waals surface area (Å²) >= 11 is 0. The zero-order chi connectivity index (χ0) is 42.7. The van der Waals surface area contributed by atoms with Gasteiger partial charge in [-0.3, -0.25) is 4.79 Å². The second kappa shape index (κ2) is 22.0. The number of carbonyl (C=O) groups is 1. The Labute approximate surface area is 349 Å². The topological polar surface area (TPSA) is 100 Å². The highest BCUT2D eigenvalue weighted by molar-refractivity contribution is 6.93. The number of hydrogen-bond acceptors (Lipinski definition) is 10. The lowest BCUT2D eigenvalue weighted by Crippen LogP contribution is -2.63. The molecule has 0 heterocycles. The summed E-state index contributed by atoms with van der Waals surface area (Å²) in [6.07, 6.45) is 0.640. The van der Waals surface area contributed by atoms with Crippen molar-refractivity contribution in [1.82, 2.24) is 0 Å². The van der Waals surface area contributed by atoms with E-state index in [9.17, 15) is 4.79 Å². The third kappa shape index (κ3) is 29.9. The summed E-state index contributed by atoms with van der Waals surface area (Å²) in [7, 11) is -24.0. The van der Waals surface area contributed by atoms with Gasteiger partial charge >= 0.3 is 23.6 Å². The molecular formula is C32H88O10Si12. The SMILES string of the molecule is CC(=O)OCCC[Si](O[Si](C)(C)CC[SiH2]O[Si](C)(C)C)(O[Si](C)(C)CC[SiH2]O[Si](C)(C)C)O[Si](C)(C)CC[Si](O[Si](C)(C)C)(O[Si](C)(C)C)O[Si](C)(C)C. The molecule has 0 aliphatic heterocycles. The summed E-state index contributed by atoms with van der Waals surface area (Å²) in [5.41, 5.74) is 0. The summed E-state index contributed by atoms with van der Waals surface area (Å²) in [6, 6.07) is 6.39. The van der Waals surface area contributed by atoms with Crippen LogP contribution < -0.4 is 0 Å². The van der Waals surface area contributed by atoms with Crippen LogP contribution in [0.15, 0.2) is 0 Å². The van der Waals surface area contributed by atoms with Crippen LogP contribution in [0.5, 0.6) is 0 Å². The van der Waals surface area contributed by atoms with E-state index in [2.05, 4.69) is 137 Å². The first-order valence-corrected chi connectivity index (χ1v) is 53.8. The van der Waals surface area contributed by atoms with Gasteiger partial charge in [-0.15, -0.1) is 0 Å². The lowest BCUT2D eigenvalue weighted by atomic mass is 10.5. The summed E-state index contributed by atoms with van der Waals surface area (Å²) in [4.78, 5) is 11.8. The molecule has 0 aromatic carbocycles. The van der Waals surface area contributed by atoms with Gasteiger partial charge in [0.05, 0.1) is 6.61 Å². The Morgan fingerprint density at radius 1 is 0.407 bits per heavy atom. The fraction of sp³-hybridized carbons (Fsp3) is 0.969. The molecule has 0 fully saturated rings. The van der Waals surface area contributed by atoms with Crippen molar-refractivity contribution in [2.24, 2.45) is 0 Å². The van der Waals surface area contributed by atoms with Gasteiger partial charge in [0, 0.05) is 19.0 Å². The number of ether oxygens (including phenoxy) is 1. The standard InChI is InChI=1S/C32H88O10Si12/c1-32(33)34-24-23-27-53(40-50(17,18)28-25-43-35-45(2,3)4,41-51(19,20)29-26-44-36-46(5,6)7)42-52(21,22)30-31-54(37-47(8,9)10,38-48(11,12)13)39-49(14,15)16/h23-31,43-44H2,1-22H3. The first-order chi connectivity index (χ1) is 23.8. The Bertz CT molecular complexity index is 1040. The van der Waals surface area contributed by atoms with Crippen molar-refractivity contribution >= 4 is 110 Å². The molecule has 0 radical (unpaired) electrons. The van der Waals surface area contributed by atoms with E-state index in [0.29, 0.717) is 19.1 Å². The minimum Gasteiger partial charge on any atom is -0.466 e. The van der Waals surface area contributed by atoms with Crippen LogP contribution in [0.25, 0.3) is 0 Å². The van der Waals surface area contributed by atoms with Crippen LogP contribution in [0.1, 0.15) is 13.3 Å². The summed E-state index contributed by atoms with van der Waals surface area (Å²) < 4.78 is 62.3. The Morgan fingerprint density at radius 3 is 1.02 bits per heavy atom. The molecule has 324 valence electrons. The molecule has 0 bridgehead atoms. The van der Waals surface area contributed by atoms with Gasteiger partial charge in [0.25, 0.3) is 0 Å². The Hall–Kier alpha value is 1.75. The highest BCUT2D eigenvalue weighted by Gasteiger charge is 2.55. The van der Waals surface area contributed by atoms with Crippen molar-refractivity contribution in [3.05, 3.63) is 0 Å². The molecule has 0 aliphatic rings. The van der Waals surface area contributed by atoms with Crippen LogP contribution in [0.2, 0.25) is 180 Å². The molecule has 0 saturated carbocycles. The maximum atomic E-state index is 11.8. The van der Waals surface area contributed by atoms with Gasteiger partial charge in [0.1, 0.15) is 19.5 Å². The number of carbonyl (C=O) groups excluding carboxylic acids is 1. The molecule has 0 N–H and O–H groups in total. The van der Waals surface area contributed by atoms with Crippen molar-refractivity contribution < 1.29 is 42.5 Å². The van der Waals surface area contributed by atoms with Gasteiger partial charge in [0.15, 0.2) is 66.5 Å². The third-order valence-corrected chi connectivity index (χ3v) is 47.2. The van der Waals surface area contributed by atoms with Crippen LogP contribution in [0, 0.1) is 0 Å². The minimum absolute atomic E-state index is 0.266. The van der Waals surface area contributed by atoms with Gasteiger partial charge in [0.2, 0.25) is 0 Å². The molecule has 10 nitrogen and oxygen atoms in total. The summed E-state index contributed by atoms with van der Waals surface area (Å²) in [5.74, 6) is -0.266. The number of esters is 1. The van der Waals surface area contributed by atoms with E-state index >= 15 is 0 Å². The van der Waals surface area contributed by atoms with Crippen LogP contribution >= 0.6 is 0 Å². The lowest BCUT2D eigenvalue weighted by Gasteiger charge is -2.46. The molecule has 0 saturated heterocycles. The molecule has 54 heavy (non-hydrogen) atoms. The Kier molecular flexibility index (Phi) is 22.7. The smallest absolute Gasteiger partial charge is 0.466 e. The Balaban J connectivity index is 7.00. The predicted octanol–water partition coefficient (Wildman–Crippen LogP) is 9.74. The van der Waals surface area contributed by atoms with E-state index in [1.54, 1.807) is 0 Å². The molecule has 0 rings (SSSR count). The fourth-order valence-corrected chi connectivity index (χ4v) is 52.4. The van der Waals surface area contributed by atoms with Crippen LogP contribution in [-0.2, 0) is 42.5 Å². The van der Waals surface area contributed by atoms with Crippen LogP contribution in [-0.4, -0.2) is 116 Å². The van der Waals surface area contributed by atoms with E-state index in [0.717, 1.165) is 36.3 Å². The van der Waals surface area contributed by atoms with Gasteiger partial charge in [-0.05, 0) is 174 Å². The summed E-state index contributed by atoms with van der Waals surface area (Å²) in [5, 5.41) is 0. The maximum Gasteiger partial charge on any atom is 0.469 e. The highest BCUT2D eigenvalue weighted by Crippen LogP contribution is 2.37. The molecule has 0 unspecified atom stereocenters. The average molecular weight is 970 g/mol. The van der Waals surface area contributed by atoms with Gasteiger partial charge in [-0.2, -0.15) is 0 Å². The Morgan fingerprint density at radius 2 is 0.722 bits per heavy atom. The molecule has 22 heteroatoms. The molecule has 0 aromatic rings. The monoisotopic (exact) mass is 968 g/mol. The van der Waals surface area contributed by atoms with Gasteiger partial charge < -0.3 is 37.7 Å². The van der Waals surface area contributed by atoms with Crippen molar-refractivity contribution in [2.45, 2.75) is 193 Å². The largest absolute Gasteiger partial charge is 0.469 e. The average Bonchev–Trinajstić information content (AvgIpc) is 2.86. The van der Waals surface area contributed by atoms with Crippen molar-refractivity contribution in [3.8, 4) is 0 Å². The van der Waals surface area contributed by atoms with Crippen LogP contribution in [0.3, 0.4) is 0 Å². The zero-order valence-electron chi connectivity index (χ0n) is 39.4. The van der Waals surface area contributed by atoms with E-state index in [4.69, 9.17) is 37.7 Å². The second-order valence-electron chi connectivity index (χ2n) is 21.7. The normalized spacial score (nSPS) is 16.2.